The van der Waals surface area contributed by atoms with Gasteiger partial charge in [0.05, 0.1) is 5.69 Å². The van der Waals surface area contributed by atoms with Gasteiger partial charge in [-0.05, 0) is 55.9 Å². The summed E-state index contributed by atoms with van der Waals surface area (Å²) in [6, 6.07) is 15.0. The normalized spacial score (nSPS) is 17.3. The van der Waals surface area contributed by atoms with Gasteiger partial charge >= 0.3 is 0 Å². The summed E-state index contributed by atoms with van der Waals surface area (Å²) >= 11 is 6.04. The van der Waals surface area contributed by atoms with Crippen molar-refractivity contribution < 1.29 is 9.90 Å². The molecule has 1 aliphatic heterocycles. The maximum absolute atomic E-state index is 12.7. The van der Waals surface area contributed by atoms with E-state index in [0.29, 0.717) is 16.3 Å². The van der Waals surface area contributed by atoms with Gasteiger partial charge in [-0.3, -0.25) is 10.1 Å². The molecular formula is C23H27ClN4O2. The number of aliphatic hydroxyl groups is 1. The summed E-state index contributed by atoms with van der Waals surface area (Å²) in [6.45, 7) is 5.32. The van der Waals surface area contributed by atoms with Gasteiger partial charge in [0, 0.05) is 53.7 Å². The van der Waals surface area contributed by atoms with Gasteiger partial charge in [0.25, 0.3) is 5.91 Å². The summed E-state index contributed by atoms with van der Waals surface area (Å²) in [4.78, 5) is 20.1. The Morgan fingerprint density at radius 1 is 1.10 bits per heavy atom. The molecule has 0 saturated carbocycles. The Kier molecular flexibility index (Phi) is 6.11. The number of fused-ring (bicyclic) bond motifs is 1. The van der Waals surface area contributed by atoms with E-state index in [0.717, 1.165) is 42.6 Å². The molecule has 0 radical (unpaired) electrons. The lowest BCUT2D eigenvalue weighted by Crippen LogP contribution is -2.47. The molecule has 1 fully saturated rings. The van der Waals surface area contributed by atoms with Crippen LogP contribution in [-0.4, -0.2) is 59.0 Å². The lowest BCUT2D eigenvalue weighted by atomic mass is 10.0. The number of halogens is 1. The molecule has 1 amide bonds. The number of carbonyl (C=O) groups excluding carboxylic acids is 1. The van der Waals surface area contributed by atoms with E-state index in [-0.39, 0.29) is 11.9 Å². The summed E-state index contributed by atoms with van der Waals surface area (Å²) in [5, 5.41) is 15.4. The minimum absolute atomic E-state index is 0.0760. The Balaban J connectivity index is 1.40. The van der Waals surface area contributed by atoms with Gasteiger partial charge in [0.15, 0.2) is 0 Å². The van der Waals surface area contributed by atoms with Gasteiger partial charge in [-0.1, -0.05) is 23.7 Å². The number of piperazine rings is 1. The number of amides is 1. The van der Waals surface area contributed by atoms with Crippen molar-refractivity contribution in [3.05, 3.63) is 70.4 Å². The van der Waals surface area contributed by atoms with E-state index < -0.39 is 6.23 Å². The third kappa shape index (κ3) is 4.52. The van der Waals surface area contributed by atoms with Crippen molar-refractivity contribution in [1.29, 1.82) is 0 Å². The Hall–Kier alpha value is -2.38. The van der Waals surface area contributed by atoms with Crippen LogP contribution in [0, 0.1) is 0 Å². The zero-order chi connectivity index (χ0) is 21.3. The smallest absolute Gasteiger partial charge is 0.253 e. The van der Waals surface area contributed by atoms with Gasteiger partial charge in [-0.2, -0.15) is 0 Å². The molecule has 2 atom stereocenters. The van der Waals surface area contributed by atoms with Crippen molar-refractivity contribution in [3.8, 4) is 0 Å². The first-order valence-electron chi connectivity index (χ1n) is 10.2. The average molecular weight is 427 g/mol. The fraction of sp³-hybridized carbons (Fsp3) is 0.348. The summed E-state index contributed by atoms with van der Waals surface area (Å²) in [7, 11) is 2.07. The number of nitrogens with zero attached hydrogens (tertiary/aromatic N) is 2. The number of aromatic amines is 1. The van der Waals surface area contributed by atoms with Crippen LogP contribution >= 0.6 is 11.6 Å². The highest BCUT2D eigenvalue weighted by Crippen LogP contribution is 2.24. The fourth-order valence-corrected chi connectivity index (χ4v) is 3.98. The summed E-state index contributed by atoms with van der Waals surface area (Å²) in [6.07, 6.45) is -0.849. The van der Waals surface area contributed by atoms with Crippen LogP contribution in [-0.2, 0) is 0 Å². The highest BCUT2D eigenvalue weighted by atomic mass is 35.5. The molecule has 1 aliphatic rings. The van der Waals surface area contributed by atoms with E-state index in [4.69, 9.17) is 11.6 Å². The molecule has 1 aromatic heterocycles. The van der Waals surface area contributed by atoms with Crippen molar-refractivity contribution in [3.63, 3.8) is 0 Å². The number of aliphatic hydroxyl groups excluding tert-OH is 1. The van der Waals surface area contributed by atoms with Crippen molar-refractivity contribution in [2.24, 2.45) is 0 Å². The van der Waals surface area contributed by atoms with Crippen LogP contribution in [0.4, 0.5) is 0 Å². The van der Waals surface area contributed by atoms with Gasteiger partial charge in [0.1, 0.15) is 6.23 Å². The minimum Gasteiger partial charge on any atom is -0.373 e. The zero-order valence-electron chi connectivity index (χ0n) is 17.2. The first-order valence-corrected chi connectivity index (χ1v) is 10.6. The van der Waals surface area contributed by atoms with E-state index in [1.807, 2.05) is 60.4 Å². The van der Waals surface area contributed by atoms with Crippen LogP contribution in [0.2, 0.25) is 5.02 Å². The van der Waals surface area contributed by atoms with Crippen molar-refractivity contribution >= 4 is 28.4 Å². The fourth-order valence-electron chi connectivity index (χ4n) is 3.80. The second-order valence-electron chi connectivity index (χ2n) is 7.96. The third-order valence-corrected chi connectivity index (χ3v) is 5.99. The molecule has 0 aliphatic carbocycles. The van der Waals surface area contributed by atoms with E-state index in [2.05, 4.69) is 22.2 Å². The third-order valence-electron chi connectivity index (χ3n) is 5.75. The van der Waals surface area contributed by atoms with Gasteiger partial charge in [0.2, 0.25) is 0 Å². The average Bonchev–Trinajstić information content (AvgIpc) is 3.17. The van der Waals surface area contributed by atoms with Crippen LogP contribution in [0.3, 0.4) is 0 Å². The largest absolute Gasteiger partial charge is 0.373 e. The Labute approximate surface area is 181 Å². The summed E-state index contributed by atoms with van der Waals surface area (Å²) in [5.74, 6) is 0.0760. The molecule has 4 rings (SSSR count). The molecule has 1 saturated heterocycles. The number of rotatable bonds is 5. The van der Waals surface area contributed by atoms with Crippen molar-refractivity contribution in [2.45, 2.75) is 19.2 Å². The zero-order valence-corrected chi connectivity index (χ0v) is 18.0. The Morgan fingerprint density at radius 2 is 1.80 bits per heavy atom. The summed E-state index contributed by atoms with van der Waals surface area (Å²) in [5.41, 5.74) is 3.31. The minimum atomic E-state index is -0.849. The number of hydrogen-bond donors (Lipinski definition) is 3. The van der Waals surface area contributed by atoms with Gasteiger partial charge in [-0.25, -0.2) is 0 Å². The number of H-pyrrole nitrogens is 1. The number of aromatic nitrogens is 1. The molecular weight excluding hydrogens is 400 g/mol. The SMILES string of the molecule is CC(NC(O)c1cc2cc(Cl)ccc2[nH]1)c1ccc(C(=O)N2CCN(C)CC2)cc1. The first-order chi connectivity index (χ1) is 14.4. The maximum atomic E-state index is 12.7. The Morgan fingerprint density at radius 3 is 2.50 bits per heavy atom. The van der Waals surface area contributed by atoms with Crippen molar-refractivity contribution in [1.82, 2.24) is 20.1 Å². The van der Waals surface area contributed by atoms with E-state index in [1.165, 1.54) is 0 Å². The number of likely N-dealkylation sites (N-methyl/N-ethyl adjacent to an activating group) is 1. The van der Waals surface area contributed by atoms with E-state index in [1.54, 1.807) is 0 Å². The molecule has 7 heteroatoms. The second-order valence-corrected chi connectivity index (χ2v) is 8.40. The molecule has 158 valence electrons. The standard InChI is InChI=1S/C23H27ClN4O2/c1-15(25-22(29)21-14-18-13-19(24)7-8-20(18)26-21)16-3-5-17(6-4-16)23(30)28-11-9-27(2)10-12-28/h3-8,13-15,22,25-26,29H,9-12H2,1-2H3. The first kappa shape index (κ1) is 20.9. The monoisotopic (exact) mass is 426 g/mol. The highest BCUT2D eigenvalue weighted by Gasteiger charge is 2.21. The number of hydrogen-bond acceptors (Lipinski definition) is 4. The lowest BCUT2D eigenvalue weighted by Gasteiger charge is -2.32. The Bertz CT molecular complexity index is 1030. The highest BCUT2D eigenvalue weighted by molar-refractivity contribution is 6.31. The van der Waals surface area contributed by atoms with Crippen LogP contribution in [0.5, 0.6) is 0 Å². The van der Waals surface area contributed by atoms with Crippen LogP contribution in [0.1, 0.15) is 40.8 Å². The molecule has 30 heavy (non-hydrogen) atoms. The second kappa shape index (κ2) is 8.78. The predicted molar refractivity (Wildman–Crippen MR) is 120 cm³/mol. The molecule has 0 spiro atoms. The van der Waals surface area contributed by atoms with Crippen LogP contribution < -0.4 is 5.32 Å². The molecule has 3 N–H and O–H groups in total. The topological polar surface area (TPSA) is 71.6 Å². The summed E-state index contributed by atoms with van der Waals surface area (Å²) < 4.78 is 0. The number of carbonyl (C=O) groups is 1. The van der Waals surface area contributed by atoms with Gasteiger partial charge in [-0.15, -0.1) is 0 Å². The molecule has 6 nitrogen and oxygen atoms in total. The maximum Gasteiger partial charge on any atom is 0.253 e. The quantitative estimate of drug-likeness (QED) is 0.545. The van der Waals surface area contributed by atoms with Crippen LogP contribution in [0.15, 0.2) is 48.5 Å². The van der Waals surface area contributed by atoms with E-state index >= 15 is 0 Å². The molecule has 2 heterocycles. The number of nitrogens with one attached hydrogen (secondary N) is 2. The van der Waals surface area contributed by atoms with Crippen LogP contribution in [0.25, 0.3) is 10.9 Å². The number of benzene rings is 2. The van der Waals surface area contributed by atoms with E-state index in [9.17, 15) is 9.90 Å². The molecule has 2 unspecified atom stereocenters. The molecule has 0 bridgehead atoms. The van der Waals surface area contributed by atoms with Crippen molar-refractivity contribution in [2.75, 3.05) is 33.2 Å². The van der Waals surface area contributed by atoms with Gasteiger partial charge < -0.3 is 19.9 Å². The predicted octanol–water partition coefficient (Wildman–Crippen LogP) is 3.55. The molecule has 2 aromatic carbocycles. The molecule has 3 aromatic rings. The lowest BCUT2D eigenvalue weighted by molar-refractivity contribution is 0.0664.